The lowest BCUT2D eigenvalue weighted by molar-refractivity contribution is 1.07. The van der Waals surface area contributed by atoms with E-state index in [9.17, 15) is 0 Å². The summed E-state index contributed by atoms with van der Waals surface area (Å²) in [6.45, 7) is 0. The number of rotatable bonds is 7. The molecule has 0 bridgehead atoms. The van der Waals surface area contributed by atoms with Crippen LogP contribution in [0.4, 0.5) is 0 Å². The van der Waals surface area contributed by atoms with Crippen molar-refractivity contribution in [3.8, 4) is 78.7 Å². The summed E-state index contributed by atoms with van der Waals surface area (Å²) in [6.07, 6.45) is 0. The minimum Gasteiger partial charge on any atom is -0.208 e. The zero-order valence-corrected chi connectivity index (χ0v) is 34.9. The molecule has 12 rings (SSSR count). The topological polar surface area (TPSA) is 38.7 Å². The number of aromatic nitrogens is 3. The number of nitrogens with zero attached hydrogens (tertiary/aromatic N) is 3. The number of hydrogen-bond donors (Lipinski definition) is 0. The largest absolute Gasteiger partial charge is 0.208 e. The second kappa shape index (κ2) is 15.7. The Morgan fingerprint density at radius 1 is 0.203 bits per heavy atom. The van der Waals surface area contributed by atoms with Crippen LogP contribution in [0, 0.1) is 0 Å². The van der Waals surface area contributed by atoms with Gasteiger partial charge in [-0.1, -0.05) is 218 Å². The lowest BCUT2D eigenvalue weighted by Gasteiger charge is -2.15. The van der Waals surface area contributed by atoms with Gasteiger partial charge in [0.25, 0.3) is 0 Å². The lowest BCUT2D eigenvalue weighted by atomic mass is 9.89. The second-order valence-electron chi connectivity index (χ2n) is 16.4. The van der Waals surface area contributed by atoms with Crippen LogP contribution in [0.15, 0.2) is 237 Å². The highest BCUT2D eigenvalue weighted by atomic mass is 15.0. The third-order valence-corrected chi connectivity index (χ3v) is 12.5. The van der Waals surface area contributed by atoms with Crippen LogP contribution in [-0.2, 0) is 0 Å². The molecule has 0 aliphatic rings. The Labute approximate surface area is 371 Å². The average molecular weight is 814 g/mol. The molecular weight excluding hydrogens is 775 g/mol. The highest BCUT2D eigenvalue weighted by Gasteiger charge is 2.17. The third-order valence-electron chi connectivity index (χ3n) is 12.5. The van der Waals surface area contributed by atoms with Gasteiger partial charge in [-0.05, 0) is 106 Å². The van der Waals surface area contributed by atoms with Crippen molar-refractivity contribution in [2.24, 2.45) is 0 Å². The van der Waals surface area contributed by atoms with E-state index in [2.05, 4.69) is 218 Å². The molecule has 0 aliphatic heterocycles. The first-order chi connectivity index (χ1) is 31.7. The van der Waals surface area contributed by atoms with Gasteiger partial charge >= 0.3 is 0 Å². The van der Waals surface area contributed by atoms with Crippen LogP contribution in [0.25, 0.3) is 122 Å². The van der Waals surface area contributed by atoms with Gasteiger partial charge in [-0.3, -0.25) is 0 Å². The van der Waals surface area contributed by atoms with Crippen molar-refractivity contribution in [3.63, 3.8) is 0 Å². The van der Waals surface area contributed by atoms with Crippen LogP contribution in [0.5, 0.6) is 0 Å². The fourth-order valence-electron chi connectivity index (χ4n) is 9.27. The molecule has 0 aliphatic carbocycles. The molecule has 1 heterocycles. The molecule has 11 aromatic carbocycles. The predicted octanol–water partition coefficient (Wildman–Crippen LogP) is 16.2. The van der Waals surface area contributed by atoms with E-state index in [0.29, 0.717) is 17.5 Å². The van der Waals surface area contributed by atoms with E-state index < -0.39 is 0 Å². The van der Waals surface area contributed by atoms with E-state index >= 15 is 0 Å². The molecule has 0 fully saturated rings. The van der Waals surface area contributed by atoms with E-state index in [0.717, 1.165) is 44.5 Å². The monoisotopic (exact) mass is 813 g/mol. The first kappa shape index (κ1) is 37.2. The van der Waals surface area contributed by atoms with Crippen LogP contribution in [-0.4, -0.2) is 15.0 Å². The Balaban J connectivity index is 0.911. The first-order valence-corrected chi connectivity index (χ1v) is 21.8. The molecule has 1 aromatic heterocycles. The number of benzene rings is 11. The summed E-state index contributed by atoms with van der Waals surface area (Å²) < 4.78 is 0. The number of fused-ring (bicyclic) bond motifs is 5. The Morgan fingerprint density at radius 3 is 1.34 bits per heavy atom. The van der Waals surface area contributed by atoms with Gasteiger partial charge in [-0.25, -0.2) is 15.0 Å². The van der Waals surface area contributed by atoms with Crippen molar-refractivity contribution in [1.82, 2.24) is 15.0 Å². The van der Waals surface area contributed by atoms with E-state index in [4.69, 9.17) is 15.0 Å². The Kier molecular flexibility index (Phi) is 9.16. The highest BCUT2D eigenvalue weighted by molar-refractivity contribution is 6.20. The minimum absolute atomic E-state index is 0.626. The van der Waals surface area contributed by atoms with Gasteiger partial charge in [0.2, 0.25) is 0 Å². The fraction of sp³-hybridized carbons (Fsp3) is 0. The van der Waals surface area contributed by atoms with E-state index in [1.807, 2.05) is 18.2 Å². The van der Waals surface area contributed by atoms with E-state index in [-0.39, 0.29) is 0 Å². The Hall–Kier alpha value is -8.53. The van der Waals surface area contributed by atoms with Crippen LogP contribution >= 0.6 is 0 Å². The number of hydrogen-bond acceptors (Lipinski definition) is 3. The maximum Gasteiger partial charge on any atom is 0.164 e. The van der Waals surface area contributed by atoms with Crippen LogP contribution in [0.3, 0.4) is 0 Å². The van der Waals surface area contributed by atoms with Crippen LogP contribution in [0.1, 0.15) is 0 Å². The molecule has 0 spiro atoms. The summed E-state index contributed by atoms with van der Waals surface area (Å²) in [5, 5.41) is 10.0. The van der Waals surface area contributed by atoms with Crippen LogP contribution < -0.4 is 0 Å². The standard InChI is InChI=1S/C61H39N3/c1-3-13-40(14-4-1)41-23-27-45(28-24-41)59-62-60(64-61(63-59)56-22-12-11-19-52(56)43-15-5-2-6-16-43)46-29-25-42(26-30-46)47-31-32-49-38-51(34-33-48(49)37-47)58-54-21-10-8-18-50(54)39-57-53-20-9-7-17-44(53)35-36-55(57)58/h1-39H. The Morgan fingerprint density at radius 2 is 0.656 bits per heavy atom. The minimum atomic E-state index is 0.626. The van der Waals surface area contributed by atoms with E-state index in [1.54, 1.807) is 0 Å². The summed E-state index contributed by atoms with van der Waals surface area (Å²) >= 11 is 0. The predicted molar refractivity (Wildman–Crippen MR) is 268 cm³/mol. The van der Waals surface area contributed by atoms with Crippen molar-refractivity contribution < 1.29 is 0 Å². The molecule has 0 atom stereocenters. The lowest BCUT2D eigenvalue weighted by Crippen LogP contribution is -2.01. The van der Waals surface area contributed by atoms with Gasteiger partial charge < -0.3 is 0 Å². The fourth-order valence-corrected chi connectivity index (χ4v) is 9.27. The smallest absolute Gasteiger partial charge is 0.164 e. The summed E-state index contributed by atoms with van der Waals surface area (Å²) in [5.74, 6) is 1.89. The van der Waals surface area contributed by atoms with Gasteiger partial charge in [-0.2, -0.15) is 0 Å². The zero-order valence-electron chi connectivity index (χ0n) is 34.9. The summed E-state index contributed by atoms with van der Waals surface area (Å²) in [6, 6.07) is 84.3. The maximum absolute atomic E-state index is 5.16. The second-order valence-corrected chi connectivity index (χ2v) is 16.4. The highest BCUT2D eigenvalue weighted by Crippen LogP contribution is 2.41. The molecule has 3 nitrogen and oxygen atoms in total. The van der Waals surface area contributed by atoms with Gasteiger partial charge in [0.1, 0.15) is 0 Å². The van der Waals surface area contributed by atoms with Crippen molar-refractivity contribution in [2.45, 2.75) is 0 Å². The van der Waals surface area contributed by atoms with Gasteiger partial charge in [0.15, 0.2) is 17.5 Å². The van der Waals surface area contributed by atoms with Crippen molar-refractivity contribution in [1.29, 1.82) is 0 Å². The molecule has 0 saturated carbocycles. The van der Waals surface area contributed by atoms with Crippen molar-refractivity contribution >= 4 is 43.1 Å². The molecule has 0 radical (unpaired) electrons. The zero-order chi connectivity index (χ0) is 42.4. The molecule has 0 N–H and O–H groups in total. The molecule has 64 heavy (non-hydrogen) atoms. The first-order valence-electron chi connectivity index (χ1n) is 21.8. The molecule has 298 valence electrons. The Bertz CT molecular complexity index is 3690. The molecule has 0 amide bonds. The summed E-state index contributed by atoms with van der Waals surface area (Å²) in [4.78, 5) is 15.4. The molecule has 12 aromatic rings. The quantitative estimate of drug-likeness (QED) is 0.119. The summed E-state index contributed by atoms with van der Waals surface area (Å²) in [7, 11) is 0. The van der Waals surface area contributed by atoms with Gasteiger partial charge in [0, 0.05) is 16.7 Å². The average Bonchev–Trinajstić information content (AvgIpc) is 3.38. The molecular formula is C61H39N3. The molecule has 3 heteroatoms. The van der Waals surface area contributed by atoms with Crippen molar-refractivity contribution in [3.05, 3.63) is 237 Å². The van der Waals surface area contributed by atoms with Gasteiger partial charge in [0.05, 0.1) is 0 Å². The van der Waals surface area contributed by atoms with Gasteiger partial charge in [-0.15, -0.1) is 0 Å². The maximum atomic E-state index is 5.16. The normalized spacial score (nSPS) is 11.4. The van der Waals surface area contributed by atoms with E-state index in [1.165, 1.54) is 59.8 Å². The van der Waals surface area contributed by atoms with Crippen LogP contribution in [0.2, 0.25) is 0 Å². The molecule has 0 saturated heterocycles. The third kappa shape index (κ3) is 6.77. The van der Waals surface area contributed by atoms with Crippen molar-refractivity contribution in [2.75, 3.05) is 0 Å². The summed E-state index contributed by atoms with van der Waals surface area (Å²) in [5.41, 5.74) is 12.1. The SMILES string of the molecule is c1ccc(-c2ccc(-c3nc(-c4ccc(-c5ccc6cc(-c7c8ccccc8cc8c7ccc7ccccc78)ccc6c5)cc4)nc(-c4ccccc4-c4ccccc4)n3)cc2)cc1. The molecule has 0 unspecified atom stereocenters.